The topological polar surface area (TPSA) is 112 Å². The van der Waals surface area contributed by atoms with Crippen LogP contribution in [0.3, 0.4) is 0 Å². The number of amides is 1. The van der Waals surface area contributed by atoms with Gasteiger partial charge in [-0.2, -0.15) is 0 Å². The van der Waals surface area contributed by atoms with Gasteiger partial charge in [-0.1, -0.05) is 12.1 Å². The molecule has 0 fully saturated rings. The van der Waals surface area contributed by atoms with Crippen LogP contribution in [0, 0.1) is 0 Å². The van der Waals surface area contributed by atoms with Crippen molar-refractivity contribution in [2.45, 2.75) is 17.9 Å². The van der Waals surface area contributed by atoms with E-state index >= 15 is 0 Å². The second-order valence-corrected chi connectivity index (χ2v) is 10.0. The second-order valence-electron chi connectivity index (χ2n) is 8.01. The average molecular weight is 507 g/mol. The van der Waals surface area contributed by atoms with Crippen molar-refractivity contribution < 1.29 is 22.7 Å². The molecule has 0 aliphatic rings. The van der Waals surface area contributed by atoms with Crippen LogP contribution in [0.1, 0.15) is 12.0 Å². The molecule has 0 saturated heterocycles. The van der Waals surface area contributed by atoms with E-state index < -0.39 is 9.84 Å². The molecule has 1 N–H and O–H groups in total. The van der Waals surface area contributed by atoms with Gasteiger partial charge in [0.15, 0.2) is 9.84 Å². The lowest BCUT2D eigenvalue weighted by atomic mass is 10.1. The maximum atomic E-state index is 12.4. The Morgan fingerprint density at radius 2 is 1.64 bits per heavy atom. The van der Waals surface area contributed by atoms with Gasteiger partial charge in [-0.15, -0.1) is 0 Å². The van der Waals surface area contributed by atoms with Crippen LogP contribution < -0.4 is 14.8 Å². The molecule has 0 aliphatic heterocycles. The number of benzene rings is 2. The molecule has 9 nitrogen and oxygen atoms in total. The lowest BCUT2D eigenvalue weighted by molar-refractivity contribution is 0.240. The molecule has 0 bridgehead atoms. The van der Waals surface area contributed by atoms with E-state index in [0.29, 0.717) is 37.6 Å². The maximum absolute atomic E-state index is 12.4. The fourth-order valence-corrected chi connectivity index (χ4v) is 3.92. The minimum absolute atomic E-state index is 0.264. The van der Waals surface area contributed by atoms with Gasteiger partial charge in [0.2, 0.25) is 0 Å². The van der Waals surface area contributed by atoms with E-state index in [9.17, 15) is 13.2 Å². The monoisotopic (exact) mass is 506 g/mol. The molecule has 0 saturated carbocycles. The Kier molecular flexibility index (Phi) is 7.96. The van der Waals surface area contributed by atoms with Gasteiger partial charge < -0.3 is 14.8 Å². The number of nitrogens with one attached hydrogen (secondary N) is 1. The highest BCUT2D eigenvalue weighted by Crippen LogP contribution is 2.22. The van der Waals surface area contributed by atoms with E-state index in [1.165, 1.54) is 17.2 Å². The predicted octanol–water partition coefficient (Wildman–Crippen LogP) is 3.95. The summed E-state index contributed by atoms with van der Waals surface area (Å²) in [7, 11) is -3.22. The minimum Gasteiger partial charge on any atom is -0.493 e. The quantitative estimate of drug-likeness (QED) is 0.324. The summed E-state index contributed by atoms with van der Waals surface area (Å²) in [6.07, 6.45) is 8.32. The first-order valence-electron chi connectivity index (χ1n) is 11.3. The molecule has 10 heteroatoms. The van der Waals surface area contributed by atoms with Crippen LogP contribution in [0.2, 0.25) is 0 Å². The van der Waals surface area contributed by atoms with Gasteiger partial charge in [0.25, 0.3) is 0 Å². The van der Waals surface area contributed by atoms with E-state index in [-0.39, 0.29) is 10.9 Å². The number of ether oxygens (including phenoxy) is 2. The normalized spacial score (nSPS) is 11.1. The summed E-state index contributed by atoms with van der Waals surface area (Å²) in [5.74, 6) is 1.41. The molecule has 0 radical (unpaired) electrons. The van der Waals surface area contributed by atoms with Crippen LogP contribution >= 0.6 is 0 Å². The number of imidazole rings is 1. The van der Waals surface area contributed by atoms with Gasteiger partial charge in [-0.25, -0.2) is 18.2 Å². The third kappa shape index (κ3) is 6.92. The Hall–Kier alpha value is -4.18. The van der Waals surface area contributed by atoms with E-state index in [1.54, 1.807) is 55.0 Å². The SMILES string of the molecule is CS(=O)(=O)c1ccc(COc2ccc(-c3cn(C(=O)NCCCOc4ccncc4)cn3)cc2)cc1. The van der Waals surface area contributed by atoms with Gasteiger partial charge in [-0.05, 0) is 60.5 Å². The Labute approximate surface area is 209 Å². The van der Waals surface area contributed by atoms with Crippen molar-refractivity contribution in [2.24, 2.45) is 0 Å². The zero-order valence-corrected chi connectivity index (χ0v) is 20.5. The molecule has 0 spiro atoms. The van der Waals surface area contributed by atoms with Crippen molar-refractivity contribution in [3.63, 3.8) is 0 Å². The van der Waals surface area contributed by atoms with Crippen LogP contribution in [0.15, 0.2) is 90.5 Å². The third-order valence-electron chi connectivity index (χ3n) is 5.24. The molecule has 0 aliphatic carbocycles. The zero-order valence-electron chi connectivity index (χ0n) is 19.7. The Bertz CT molecular complexity index is 1390. The first kappa shape index (κ1) is 24.9. The van der Waals surface area contributed by atoms with Gasteiger partial charge >= 0.3 is 6.03 Å². The van der Waals surface area contributed by atoms with Crippen molar-refractivity contribution in [2.75, 3.05) is 19.4 Å². The zero-order chi connectivity index (χ0) is 25.4. The number of carbonyl (C=O) groups is 1. The molecule has 186 valence electrons. The molecule has 0 atom stereocenters. The summed E-state index contributed by atoms with van der Waals surface area (Å²) in [4.78, 5) is 20.9. The molecule has 4 aromatic rings. The second kappa shape index (κ2) is 11.5. The summed E-state index contributed by atoms with van der Waals surface area (Å²) in [5, 5.41) is 2.84. The number of sulfone groups is 1. The number of carbonyl (C=O) groups excluding carboxylic acids is 1. The number of pyridine rings is 1. The number of hydrogen-bond acceptors (Lipinski definition) is 7. The van der Waals surface area contributed by atoms with Crippen molar-refractivity contribution in [1.29, 1.82) is 0 Å². The van der Waals surface area contributed by atoms with Gasteiger partial charge in [0.1, 0.15) is 24.4 Å². The standard InChI is InChI=1S/C26H26N4O5S/c1-36(32,33)24-9-3-20(4-10-24)18-35-22-7-5-21(6-8-22)25-17-30(19-29-25)26(31)28-13-2-16-34-23-11-14-27-15-12-23/h3-12,14-15,17,19H,2,13,16,18H2,1H3,(H,28,31). The molecule has 2 aromatic heterocycles. The fourth-order valence-electron chi connectivity index (χ4n) is 3.29. The smallest absolute Gasteiger partial charge is 0.326 e. The number of hydrogen-bond donors (Lipinski definition) is 1. The van der Waals surface area contributed by atoms with E-state index in [4.69, 9.17) is 9.47 Å². The van der Waals surface area contributed by atoms with Crippen LogP contribution in [0.4, 0.5) is 4.79 Å². The lowest BCUT2D eigenvalue weighted by Gasteiger charge is -2.08. The highest BCUT2D eigenvalue weighted by Gasteiger charge is 2.09. The fraction of sp³-hybridized carbons (Fsp3) is 0.192. The van der Waals surface area contributed by atoms with Gasteiger partial charge in [-0.3, -0.25) is 9.55 Å². The van der Waals surface area contributed by atoms with Crippen molar-refractivity contribution in [3.05, 3.63) is 91.1 Å². The first-order chi connectivity index (χ1) is 17.4. The number of rotatable bonds is 10. The molecule has 36 heavy (non-hydrogen) atoms. The van der Waals surface area contributed by atoms with Gasteiger partial charge in [0.05, 0.1) is 17.2 Å². The molecule has 0 unspecified atom stereocenters. The van der Waals surface area contributed by atoms with Crippen molar-refractivity contribution in [1.82, 2.24) is 19.9 Å². The van der Waals surface area contributed by atoms with E-state index in [0.717, 1.165) is 16.9 Å². The number of aromatic nitrogens is 3. The van der Waals surface area contributed by atoms with E-state index in [2.05, 4.69) is 15.3 Å². The highest BCUT2D eigenvalue weighted by atomic mass is 32.2. The van der Waals surface area contributed by atoms with Gasteiger partial charge in [0, 0.05) is 37.0 Å². The Morgan fingerprint density at radius 3 is 2.33 bits per heavy atom. The predicted molar refractivity (Wildman–Crippen MR) is 135 cm³/mol. The van der Waals surface area contributed by atoms with Crippen molar-refractivity contribution >= 4 is 15.9 Å². The molecule has 1 amide bonds. The van der Waals surface area contributed by atoms with Crippen LogP contribution in [-0.2, 0) is 16.4 Å². The highest BCUT2D eigenvalue weighted by molar-refractivity contribution is 7.90. The third-order valence-corrected chi connectivity index (χ3v) is 6.37. The summed E-state index contributed by atoms with van der Waals surface area (Å²) in [6, 6.07) is 17.3. The Balaban J connectivity index is 1.24. The van der Waals surface area contributed by atoms with Crippen LogP contribution in [-0.4, -0.2) is 48.4 Å². The molecular weight excluding hydrogens is 480 g/mol. The molecule has 2 aromatic carbocycles. The number of nitrogens with zero attached hydrogens (tertiary/aromatic N) is 3. The van der Waals surface area contributed by atoms with Crippen LogP contribution in [0.5, 0.6) is 11.5 Å². The lowest BCUT2D eigenvalue weighted by Crippen LogP contribution is -2.29. The van der Waals surface area contributed by atoms with Crippen molar-refractivity contribution in [3.8, 4) is 22.8 Å². The summed E-state index contributed by atoms with van der Waals surface area (Å²) >= 11 is 0. The summed E-state index contributed by atoms with van der Waals surface area (Å²) in [6.45, 7) is 1.27. The van der Waals surface area contributed by atoms with E-state index in [1.807, 2.05) is 24.3 Å². The molecular formula is C26H26N4O5S. The maximum Gasteiger partial charge on any atom is 0.326 e. The summed E-state index contributed by atoms with van der Waals surface area (Å²) < 4.78 is 35.9. The minimum atomic E-state index is -3.22. The Morgan fingerprint density at radius 1 is 0.944 bits per heavy atom. The largest absolute Gasteiger partial charge is 0.493 e. The molecule has 4 rings (SSSR count). The summed E-state index contributed by atoms with van der Waals surface area (Å²) in [5.41, 5.74) is 2.37. The van der Waals surface area contributed by atoms with Crippen LogP contribution in [0.25, 0.3) is 11.3 Å². The molecule has 2 heterocycles. The first-order valence-corrected chi connectivity index (χ1v) is 13.1. The average Bonchev–Trinajstić information content (AvgIpc) is 3.38.